The van der Waals surface area contributed by atoms with Crippen molar-refractivity contribution in [1.29, 1.82) is 0 Å². The second-order valence-electron chi connectivity index (χ2n) is 11.1. The lowest BCUT2D eigenvalue weighted by molar-refractivity contribution is -0.539. The van der Waals surface area contributed by atoms with Crippen molar-refractivity contribution in [2.75, 3.05) is 18.0 Å². The van der Waals surface area contributed by atoms with Gasteiger partial charge in [-0.05, 0) is 90.2 Å². The maximum absolute atomic E-state index is 11.4. The monoisotopic (exact) mass is 669 g/mol. The summed E-state index contributed by atoms with van der Waals surface area (Å²) in [6, 6.07) is 31.2. The Bertz CT molecular complexity index is 2050. The van der Waals surface area contributed by atoms with Gasteiger partial charge >= 0.3 is 0 Å². The Hall–Kier alpha value is -4.61. The van der Waals surface area contributed by atoms with Gasteiger partial charge in [-0.15, -0.1) is 0 Å². The van der Waals surface area contributed by atoms with Gasteiger partial charge in [0.2, 0.25) is 0 Å². The molecule has 242 valence electrons. The Balaban J connectivity index is 1.41. The number of hydrogen-bond acceptors (Lipinski definition) is 5. The van der Waals surface area contributed by atoms with Crippen LogP contribution in [0.1, 0.15) is 36.1 Å². The molecule has 1 aliphatic rings. The predicted octanol–water partition coefficient (Wildman–Crippen LogP) is 6.81. The molecule has 0 saturated heterocycles. The Kier molecular flexibility index (Phi) is 10.4. The van der Waals surface area contributed by atoms with Crippen LogP contribution in [0.3, 0.4) is 0 Å². The highest BCUT2D eigenvalue weighted by Gasteiger charge is 2.17. The van der Waals surface area contributed by atoms with E-state index in [2.05, 4.69) is 84.0 Å². The standard InChI is InChI=1S/C37H36N2O6S2/c1-3-38(26-28-10-22-35(23-11-28)46(40,41)42)33-18-14-31(15-19-33)37(30-8-6-5-7-9-30)32-16-20-34(21-17-32)39(4-2)27-29-12-24-36(25-13-29)47(43,44)45/h5-25H,3-4,26-27H2,1-2H3,(H-,40,41,42,43,44,45)/p+1. The molecule has 0 spiro atoms. The molecule has 2 N–H and O–H groups in total. The van der Waals surface area contributed by atoms with Crippen molar-refractivity contribution < 1.29 is 30.5 Å². The second-order valence-corrected chi connectivity index (χ2v) is 13.9. The summed E-state index contributed by atoms with van der Waals surface area (Å²) in [6.45, 7) is 6.78. The molecule has 0 atom stereocenters. The van der Waals surface area contributed by atoms with Gasteiger partial charge < -0.3 is 4.90 Å². The Morgan fingerprint density at radius 1 is 0.638 bits per heavy atom. The third-order valence-corrected chi connectivity index (χ3v) is 9.79. The zero-order valence-corrected chi connectivity index (χ0v) is 27.8. The zero-order valence-electron chi connectivity index (χ0n) is 26.2. The van der Waals surface area contributed by atoms with E-state index >= 15 is 0 Å². The van der Waals surface area contributed by atoms with Gasteiger partial charge in [0.1, 0.15) is 6.54 Å². The van der Waals surface area contributed by atoms with Crippen LogP contribution in [0.25, 0.3) is 5.57 Å². The molecular weight excluding hydrogens is 633 g/mol. The lowest BCUT2D eigenvalue weighted by Gasteiger charge is -2.24. The van der Waals surface area contributed by atoms with Crippen LogP contribution in [-0.4, -0.2) is 49.3 Å². The second kappa shape index (κ2) is 14.4. The molecule has 47 heavy (non-hydrogen) atoms. The topological polar surface area (TPSA) is 115 Å². The van der Waals surface area contributed by atoms with Crippen LogP contribution < -0.4 is 4.90 Å². The summed E-state index contributed by atoms with van der Waals surface area (Å²) in [4.78, 5) is 1.95. The van der Waals surface area contributed by atoms with E-state index in [0.29, 0.717) is 13.1 Å². The van der Waals surface area contributed by atoms with Crippen LogP contribution in [0.4, 0.5) is 5.69 Å². The number of allylic oxidation sites excluding steroid dienone is 5. The highest BCUT2D eigenvalue weighted by Crippen LogP contribution is 2.31. The van der Waals surface area contributed by atoms with Gasteiger partial charge in [-0.3, -0.25) is 9.11 Å². The van der Waals surface area contributed by atoms with Crippen molar-refractivity contribution >= 4 is 37.2 Å². The van der Waals surface area contributed by atoms with Gasteiger partial charge in [-0.2, -0.15) is 16.8 Å². The van der Waals surface area contributed by atoms with Gasteiger partial charge in [0, 0.05) is 36.5 Å². The summed E-state index contributed by atoms with van der Waals surface area (Å²) < 4.78 is 66.4. The molecule has 8 nitrogen and oxygen atoms in total. The van der Waals surface area contributed by atoms with E-state index in [0.717, 1.165) is 57.9 Å². The van der Waals surface area contributed by atoms with Gasteiger partial charge in [-0.25, -0.2) is 4.58 Å². The van der Waals surface area contributed by atoms with E-state index in [-0.39, 0.29) is 9.79 Å². The lowest BCUT2D eigenvalue weighted by Crippen LogP contribution is -2.22. The molecule has 0 unspecified atom stereocenters. The van der Waals surface area contributed by atoms with Crippen LogP contribution >= 0.6 is 0 Å². The minimum absolute atomic E-state index is 0.124. The number of rotatable bonds is 11. The quantitative estimate of drug-likeness (QED) is 0.133. The van der Waals surface area contributed by atoms with Gasteiger partial charge in [0.05, 0.1) is 9.79 Å². The van der Waals surface area contributed by atoms with E-state index in [1.807, 2.05) is 18.2 Å². The van der Waals surface area contributed by atoms with Crippen LogP contribution in [-0.2, 0) is 33.3 Å². The summed E-state index contributed by atoms with van der Waals surface area (Å²) in [7, 11) is -8.47. The van der Waals surface area contributed by atoms with Gasteiger partial charge in [0.15, 0.2) is 12.3 Å². The van der Waals surface area contributed by atoms with Crippen LogP contribution in [0, 0.1) is 0 Å². The normalized spacial score (nSPS) is 13.1. The molecule has 0 heterocycles. The molecule has 1 aliphatic carbocycles. The third kappa shape index (κ3) is 8.41. The minimum atomic E-state index is -4.23. The summed E-state index contributed by atoms with van der Waals surface area (Å²) in [5.74, 6) is 0. The van der Waals surface area contributed by atoms with Crippen LogP contribution in [0.2, 0.25) is 0 Å². The molecule has 0 aromatic heterocycles. The van der Waals surface area contributed by atoms with Crippen molar-refractivity contribution in [2.24, 2.45) is 0 Å². The molecule has 0 radical (unpaired) electrons. The largest absolute Gasteiger partial charge is 0.367 e. The zero-order chi connectivity index (χ0) is 33.6. The van der Waals surface area contributed by atoms with Crippen molar-refractivity contribution in [3.05, 3.63) is 155 Å². The van der Waals surface area contributed by atoms with Crippen molar-refractivity contribution in [3.8, 4) is 0 Å². The first-order valence-electron chi connectivity index (χ1n) is 15.2. The first-order valence-corrected chi connectivity index (χ1v) is 18.1. The Morgan fingerprint density at radius 2 is 1.15 bits per heavy atom. The lowest BCUT2D eigenvalue weighted by atomic mass is 9.90. The van der Waals surface area contributed by atoms with Crippen LogP contribution in [0.5, 0.6) is 0 Å². The minimum Gasteiger partial charge on any atom is -0.367 e. The number of nitrogens with zero attached hydrogens (tertiary/aromatic N) is 2. The van der Waals surface area contributed by atoms with Crippen molar-refractivity contribution in [1.82, 2.24) is 0 Å². The Morgan fingerprint density at radius 3 is 1.64 bits per heavy atom. The molecule has 0 saturated carbocycles. The fourth-order valence-corrected chi connectivity index (χ4v) is 6.49. The van der Waals surface area contributed by atoms with E-state index < -0.39 is 20.2 Å². The third-order valence-electron chi connectivity index (χ3n) is 8.06. The molecule has 4 aromatic carbocycles. The smallest absolute Gasteiger partial charge is 0.294 e. The van der Waals surface area contributed by atoms with Crippen LogP contribution in [0.15, 0.2) is 143 Å². The maximum Gasteiger partial charge on any atom is 0.294 e. The average molecular weight is 670 g/mol. The maximum atomic E-state index is 11.4. The highest BCUT2D eigenvalue weighted by atomic mass is 32.2. The first kappa shape index (κ1) is 33.7. The highest BCUT2D eigenvalue weighted by molar-refractivity contribution is 7.86. The summed E-state index contributed by atoms with van der Waals surface area (Å²) in [5.41, 5.74) is 8.22. The number of hydrogen-bond donors (Lipinski definition) is 2. The first-order chi connectivity index (χ1) is 22.5. The number of anilines is 1. The van der Waals surface area contributed by atoms with Crippen molar-refractivity contribution in [3.63, 3.8) is 0 Å². The molecule has 0 amide bonds. The van der Waals surface area contributed by atoms with E-state index in [9.17, 15) is 25.9 Å². The SMILES string of the molecule is CCN(Cc1ccc(S(=O)(=O)O)cc1)c1ccc(C(=C2C=CC(=[N+](CC)Cc3ccc(S(=O)(=O)O)cc3)C=C2)c2ccccc2)cc1. The fraction of sp³-hybridized carbons (Fsp3) is 0.162. The summed E-state index contributed by atoms with van der Waals surface area (Å²) >= 11 is 0. The molecular formula is C37H37N2O6S2+. The molecule has 0 aliphatic heterocycles. The van der Waals surface area contributed by atoms with Crippen molar-refractivity contribution in [2.45, 2.75) is 36.7 Å². The molecule has 0 bridgehead atoms. The van der Waals surface area contributed by atoms with E-state index in [1.54, 1.807) is 24.3 Å². The van der Waals surface area contributed by atoms with Gasteiger partial charge in [-0.1, -0.05) is 66.7 Å². The molecule has 4 aromatic rings. The Labute approximate surface area is 276 Å². The van der Waals surface area contributed by atoms with E-state index in [1.165, 1.54) is 24.3 Å². The molecule has 10 heteroatoms. The number of benzene rings is 4. The van der Waals surface area contributed by atoms with Gasteiger partial charge in [0.25, 0.3) is 20.2 Å². The van der Waals surface area contributed by atoms with E-state index in [4.69, 9.17) is 0 Å². The average Bonchev–Trinajstić information content (AvgIpc) is 3.07. The molecule has 5 rings (SSSR count). The summed E-state index contributed by atoms with van der Waals surface area (Å²) in [6.07, 6.45) is 8.41. The summed E-state index contributed by atoms with van der Waals surface area (Å²) in [5, 5.41) is 0. The molecule has 0 fully saturated rings. The fourth-order valence-electron chi connectivity index (χ4n) is 5.53. The predicted molar refractivity (Wildman–Crippen MR) is 186 cm³/mol.